The summed E-state index contributed by atoms with van der Waals surface area (Å²) in [6.45, 7) is 21.9. The van der Waals surface area contributed by atoms with Gasteiger partial charge < -0.3 is 0 Å². The van der Waals surface area contributed by atoms with Gasteiger partial charge in [0.15, 0.2) is 0 Å². The molecule has 0 unspecified atom stereocenters. The number of fused-ring (bicyclic) bond motifs is 1. The first kappa shape index (κ1) is 25.9. The van der Waals surface area contributed by atoms with Gasteiger partial charge in [0.25, 0.3) is 0 Å². The molecule has 0 saturated heterocycles. The molecule has 0 saturated carbocycles. The Morgan fingerprint density at radius 3 is 2.18 bits per heavy atom. The second-order valence-electron chi connectivity index (χ2n) is 10.7. The van der Waals surface area contributed by atoms with Crippen LogP contribution in [0.1, 0.15) is 94.5 Å². The highest BCUT2D eigenvalue weighted by Crippen LogP contribution is 2.43. The lowest BCUT2D eigenvalue weighted by molar-refractivity contribution is 0.446. The van der Waals surface area contributed by atoms with E-state index in [0.717, 1.165) is 65.9 Å². The normalized spacial score (nSPS) is 15.1. The summed E-state index contributed by atoms with van der Waals surface area (Å²) in [5.74, 6) is 1.49. The molecule has 3 heteroatoms. The minimum atomic E-state index is -0.359. The van der Waals surface area contributed by atoms with Gasteiger partial charge in [0, 0.05) is 11.0 Å². The molecule has 2 aromatic carbocycles. The van der Waals surface area contributed by atoms with Gasteiger partial charge in [-0.25, -0.2) is 0 Å². The van der Waals surface area contributed by atoms with Crippen molar-refractivity contribution < 1.29 is 0 Å². The van der Waals surface area contributed by atoms with Crippen LogP contribution in [0.25, 0.3) is 5.57 Å². The predicted octanol–water partition coefficient (Wildman–Crippen LogP) is 8.64. The van der Waals surface area contributed by atoms with E-state index in [1.165, 1.54) is 11.1 Å². The van der Waals surface area contributed by atoms with Gasteiger partial charge in [-0.3, -0.25) is 15.3 Å². The van der Waals surface area contributed by atoms with E-state index in [-0.39, 0.29) is 11.0 Å². The topological polar surface area (TPSA) is 39.5 Å². The average molecular weight is 458 g/mol. The Balaban J connectivity index is 2.34. The first-order chi connectivity index (χ1) is 16.0. The zero-order valence-corrected chi connectivity index (χ0v) is 22.6. The zero-order valence-electron chi connectivity index (χ0n) is 22.6. The summed E-state index contributed by atoms with van der Waals surface area (Å²) in [6, 6.07) is 13.1. The molecule has 0 bridgehead atoms. The van der Waals surface area contributed by atoms with Gasteiger partial charge in [-0.1, -0.05) is 89.4 Å². The van der Waals surface area contributed by atoms with E-state index in [2.05, 4.69) is 103 Å². The molecule has 0 spiro atoms. The van der Waals surface area contributed by atoms with Crippen LogP contribution in [0.4, 0.5) is 5.69 Å². The second-order valence-corrected chi connectivity index (χ2v) is 10.7. The van der Waals surface area contributed by atoms with Crippen LogP contribution in [0.2, 0.25) is 0 Å². The molecule has 0 amide bonds. The molecule has 1 heterocycles. The van der Waals surface area contributed by atoms with Crippen molar-refractivity contribution in [2.75, 3.05) is 4.90 Å². The first-order valence-electron chi connectivity index (χ1n) is 12.9. The van der Waals surface area contributed by atoms with Crippen molar-refractivity contribution in [2.24, 2.45) is 10.4 Å². The Labute approximate surface area is 207 Å². The standard InChI is InChI=1S/C31H43N3/c1-10-13-18-30(8,9)29(32)34(27-17-15-21(4)19-23(27)6)28-26-20-22(5)14-16-25(26)24(7)31(11-2,12-3)33-28/h14-17,19-20,32H,7,10-13,18H2,1-6,8-9H3. The first-order valence-corrected chi connectivity index (χ1v) is 12.9. The largest absolute Gasteiger partial charge is 0.287 e. The number of hydrogen-bond donors (Lipinski definition) is 1. The molecule has 0 atom stereocenters. The third-order valence-electron chi connectivity index (χ3n) is 7.62. The van der Waals surface area contributed by atoms with Crippen LogP contribution in [0.5, 0.6) is 0 Å². The second kappa shape index (κ2) is 9.90. The Morgan fingerprint density at radius 1 is 0.971 bits per heavy atom. The highest BCUT2D eigenvalue weighted by atomic mass is 15.3. The van der Waals surface area contributed by atoms with Gasteiger partial charge in [0.2, 0.25) is 0 Å². The summed E-state index contributed by atoms with van der Waals surface area (Å²) in [7, 11) is 0. The fourth-order valence-corrected chi connectivity index (χ4v) is 5.13. The van der Waals surface area contributed by atoms with E-state index in [9.17, 15) is 5.41 Å². The van der Waals surface area contributed by atoms with Crippen molar-refractivity contribution in [3.05, 3.63) is 70.8 Å². The lowest BCUT2D eigenvalue weighted by atomic mass is 9.77. The van der Waals surface area contributed by atoms with Crippen LogP contribution in [-0.4, -0.2) is 17.2 Å². The fourth-order valence-electron chi connectivity index (χ4n) is 5.13. The Hall–Kier alpha value is -2.68. The molecule has 1 aliphatic rings. The maximum atomic E-state index is 9.56. The summed E-state index contributed by atoms with van der Waals surface area (Å²) in [6.07, 6.45) is 4.96. The molecular weight excluding hydrogens is 414 g/mol. The van der Waals surface area contributed by atoms with E-state index >= 15 is 0 Å². The van der Waals surface area contributed by atoms with Crippen LogP contribution in [0, 0.1) is 31.6 Å². The van der Waals surface area contributed by atoms with E-state index in [4.69, 9.17) is 4.99 Å². The number of rotatable bonds is 7. The number of benzene rings is 2. The van der Waals surface area contributed by atoms with Crippen molar-refractivity contribution in [3.63, 3.8) is 0 Å². The fraction of sp³-hybridized carbons (Fsp3) is 0.484. The van der Waals surface area contributed by atoms with Crippen LogP contribution >= 0.6 is 0 Å². The van der Waals surface area contributed by atoms with E-state index in [1.807, 2.05) is 0 Å². The van der Waals surface area contributed by atoms with Crippen molar-refractivity contribution in [3.8, 4) is 0 Å². The smallest absolute Gasteiger partial charge is 0.142 e. The third kappa shape index (κ3) is 4.62. The molecule has 0 fully saturated rings. The highest BCUT2D eigenvalue weighted by Gasteiger charge is 2.40. The lowest BCUT2D eigenvalue weighted by Gasteiger charge is -2.42. The number of anilines is 1. The SMILES string of the molecule is C=C1c2ccc(C)cc2C(N(C(=N)C(C)(C)CCCC)c2ccc(C)cc2C)=NC1(CC)CC. The summed E-state index contributed by atoms with van der Waals surface area (Å²) < 4.78 is 0. The van der Waals surface area contributed by atoms with Crippen LogP contribution in [0.3, 0.4) is 0 Å². The van der Waals surface area contributed by atoms with Crippen molar-refractivity contribution in [1.82, 2.24) is 0 Å². The lowest BCUT2D eigenvalue weighted by Crippen LogP contribution is -2.48. The minimum Gasteiger partial charge on any atom is -0.287 e. The van der Waals surface area contributed by atoms with Gasteiger partial charge in [-0.15, -0.1) is 0 Å². The van der Waals surface area contributed by atoms with Gasteiger partial charge in [0.05, 0.1) is 11.2 Å². The number of nitrogens with one attached hydrogen (secondary N) is 1. The van der Waals surface area contributed by atoms with Crippen LogP contribution in [-0.2, 0) is 0 Å². The summed E-state index contributed by atoms with van der Waals surface area (Å²) in [5, 5.41) is 9.56. The molecular formula is C31H43N3. The van der Waals surface area contributed by atoms with Gasteiger partial charge >= 0.3 is 0 Å². The highest BCUT2D eigenvalue weighted by molar-refractivity contribution is 6.27. The van der Waals surface area contributed by atoms with Crippen molar-refractivity contribution >= 4 is 22.9 Å². The average Bonchev–Trinajstić information content (AvgIpc) is 2.80. The molecule has 2 aromatic rings. The van der Waals surface area contributed by atoms with E-state index in [1.54, 1.807) is 0 Å². The van der Waals surface area contributed by atoms with Gasteiger partial charge in [0.1, 0.15) is 11.7 Å². The van der Waals surface area contributed by atoms with E-state index < -0.39 is 0 Å². The van der Waals surface area contributed by atoms with Gasteiger partial charge in [-0.05, 0) is 68.9 Å². The maximum absolute atomic E-state index is 9.56. The molecule has 1 aliphatic heterocycles. The maximum Gasteiger partial charge on any atom is 0.142 e. The van der Waals surface area contributed by atoms with Crippen molar-refractivity contribution in [2.45, 2.75) is 93.0 Å². The van der Waals surface area contributed by atoms with Crippen molar-refractivity contribution in [1.29, 1.82) is 5.41 Å². The number of unbranched alkanes of at least 4 members (excludes halogenated alkanes) is 1. The Kier molecular flexibility index (Phi) is 7.55. The molecule has 1 N–H and O–H groups in total. The van der Waals surface area contributed by atoms with Gasteiger partial charge in [-0.2, -0.15) is 0 Å². The quantitative estimate of drug-likeness (QED) is 0.328. The number of hydrogen-bond acceptors (Lipinski definition) is 2. The summed E-state index contributed by atoms with van der Waals surface area (Å²) >= 11 is 0. The number of aryl methyl sites for hydroxylation is 3. The monoisotopic (exact) mass is 457 g/mol. The Bertz CT molecular complexity index is 1120. The zero-order chi connectivity index (χ0) is 25.3. The molecule has 0 aromatic heterocycles. The molecule has 3 nitrogen and oxygen atoms in total. The minimum absolute atomic E-state index is 0.282. The molecule has 0 radical (unpaired) electrons. The molecule has 3 rings (SSSR count). The number of amidine groups is 2. The number of nitrogens with zero attached hydrogens (tertiary/aromatic N) is 2. The Morgan fingerprint density at radius 2 is 1.59 bits per heavy atom. The number of aliphatic imine (C=N–C) groups is 1. The molecule has 0 aliphatic carbocycles. The van der Waals surface area contributed by atoms with Crippen LogP contribution < -0.4 is 4.90 Å². The third-order valence-corrected chi connectivity index (χ3v) is 7.62. The molecule has 34 heavy (non-hydrogen) atoms. The summed E-state index contributed by atoms with van der Waals surface area (Å²) in [5.41, 5.74) is 7.32. The van der Waals surface area contributed by atoms with Crippen LogP contribution in [0.15, 0.2) is 48.0 Å². The summed E-state index contributed by atoms with van der Waals surface area (Å²) in [4.78, 5) is 7.62. The van der Waals surface area contributed by atoms with E-state index in [0.29, 0.717) is 5.84 Å². The molecule has 182 valence electrons. The predicted molar refractivity (Wildman–Crippen MR) is 149 cm³/mol.